The van der Waals surface area contributed by atoms with Crippen molar-refractivity contribution >= 4 is 11.8 Å². The second-order valence-electron chi connectivity index (χ2n) is 5.58. The summed E-state index contributed by atoms with van der Waals surface area (Å²) in [7, 11) is 0. The highest BCUT2D eigenvalue weighted by Crippen LogP contribution is 2.08. The van der Waals surface area contributed by atoms with Crippen molar-refractivity contribution in [2.24, 2.45) is 0 Å². The molecule has 0 amide bonds. The van der Waals surface area contributed by atoms with Crippen LogP contribution in [0.15, 0.2) is 24.3 Å². The van der Waals surface area contributed by atoms with Crippen molar-refractivity contribution in [1.82, 2.24) is 0 Å². The molecule has 118 valence electrons. The van der Waals surface area contributed by atoms with Gasteiger partial charge >= 0.3 is 0 Å². The first-order valence-electron chi connectivity index (χ1n) is 8.70. The Bertz CT molecular complexity index is 218. The van der Waals surface area contributed by atoms with Crippen LogP contribution in [0, 0.1) is 0 Å². The van der Waals surface area contributed by atoms with E-state index >= 15 is 0 Å². The Morgan fingerprint density at radius 3 is 1.80 bits per heavy atom. The fraction of sp³-hybridized carbons (Fsp3) is 0.789. The van der Waals surface area contributed by atoms with Gasteiger partial charge in [0.05, 0.1) is 0 Å². The first kappa shape index (κ1) is 19.8. The van der Waals surface area contributed by atoms with Gasteiger partial charge < -0.3 is 0 Å². The van der Waals surface area contributed by atoms with Crippen molar-refractivity contribution in [3.63, 3.8) is 0 Å². The molecule has 0 heterocycles. The van der Waals surface area contributed by atoms with Crippen LogP contribution in [0.25, 0.3) is 0 Å². The van der Waals surface area contributed by atoms with E-state index in [4.69, 9.17) is 0 Å². The lowest BCUT2D eigenvalue weighted by Crippen LogP contribution is -1.79. The average molecular weight is 297 g/mol. The molecule has 0 bridgehead atoms. The van der Waals surface area contributed by atoms with E-state index in [0.717, 1.165) is 6.42 Å². The molecule has 0 nitrogen and oxygen atoms in total. The quantitative estimate of drug-likeness (QED) is 0.228. The minimum Gasteiger partial charge on any atom is -0.165 e. The SMILES string of the molecule is CCCCCCCCC=CCC=CCCCCCSC. The molecule has 0 aromatic rings. The maximum Gasteiger partial charge on any atom is -0.00703 e. The van der Waals surface area contributed by atoms with Gasteiger partial charge in [0.1, 0.15) is 0 Å². The summed E-state index contributed by atoms with van der Waals surface area (Å²) >= 11 is 1.96. The van der Waals surface area contributed by atoms with E-state index in [1.807, 2.05) is 11.8 Å². The number of hydrogen-bond donors (Lipinski definition) is 0. The normalized spacial score (nSPS) is 11.9. The first-order valence-corrected chi connectivity index (χ1v) is 10.1. The summed E-state index contributed by atoms with van der Waals surface area (Å²) in [6, 6.07) is 0. The molecule has 0 N–H and O–H groups in total. The van der Waals surface area contributed by atoms with Gasteiger partial charge in [0.2, 0.25) is 0 Å². The summed E-state index contributed by atoms with van der Waals surface area (Å²) in [5.41, 5.74) is 0. The lowest BCUT2D eigenvalue weighted by Gasteiger charge is -1.97. The molecule has 0 aliphatic carbocycles. The van der Waals surface area contributed by atoms with Crippen molar-refractivity contribution < 1.29 is 0 Å². The number of thioether (sulfide) groups is 1. The molecule has 0 saturated heterocycles. The molecule has 0 rings (SSSR count). The maximum absolute atomic E-state index is 2.36. The van der Waals surface area contributed by atoms with Gasteiger partial charge in [-0.3, -0.25) is 0 Å². The third kappa shape index (κ3) is 17.8. The smallest absolute Gasteiger partial charge is 0.00703 e. The molecule has 1 heteroatoms. The third-order valence-electron chi connectivity index (χ3n) is 3.55. The zero-order valence-corrected chi connectivity index (χ0v) is 14.7. The lowest BCUT2D eigenvalue weighted by atomic mass is 10.1. The summed E-state index contributed by atoms with van der Waals surface area (Å²) in [5.74, 6) is 1.32. The Balaban J connectivity index is 3.14. The van der Waals surface area contributed by atoms with E-state index in [1.165, 1.54) is 76.4 Å². The molecule has 0 aliphatic rings. The van der Waals surface area contributed by atoms with E-state index in [2.05, 4.69) is 37.5 Å². The van der Waals surface area contributed by atoms with Crippen LogP contribution in [-0.2, 0) is 0 Å². The summed E-state index contributed by atoms with van der Waals surface area (Å²) in [4.78, 5) is 0. The van der Waals surface area contributed by atoms with Crippen molar-refractivity contribution in [1.29, 1.82) is 0 Å². The molecular weight excluding hydrogens is 260 g/mol. The summed E-state index contributed by atoms with van der Waals surface area (Å²) in [5, 5.41) is 0. The van der Waals surface area contributed by atoms with Gasteiger partial charge in [-0.25, -0.2) is 0 Å². The van der Waals surface area contributed by atoms with Crippen LogP contribution in [0.5, 0.6) is 0 Å². The monoisotopic (exact) mass is 296 g/mol. The highest BCUT2D eigenvalue weighted by molar-refractivity contribution is 7.98. The third-order valence-corrected chi connectivity index (χ3v) is 4.25. The Kier molecular flexibility index (Phi) is 18.7. The fourth-order valence-corrected chi connectivity index (χ4v) is 2.73. The van der Waals surface area contributed by atoms with Gasteiger partial charge in [-0.1, -0.05) is 69.8 Å². The fourth-order valence-electron chi connectivity index (χ4n) is 2.23. The van der Waals surface area contributed by atoms with E-state index in [0.29, 0.717) is 0 Å². The molecule has 0 fully saturated rings. The van der Waals surface area contributed by atoms with Gasteiger partial charge in [0.15, 0.2) is 0 Å². The van der Waals surface area contributed by atoms with E-state index in [1.54, 1.807) is 0 Å². The molecule has 0 spiro atoms. The molecule has 0 unspecified atom stereocenters. The van der Waals surface area contributed by atoms with Crippen molar-refractivity contribution in [2.45, 2.75) is 84.0 Å². The van der Waals surface area contributed by atoms with Gasteiger partial charge in [-0.2, -0.15) is 11.8 Å². The number of allylic oxidation sites excluding steroid dienone is 4. The van der Waals surface area contributed by atoms with Crippen molar-refractivity contribution in [3.8, 4) is 0 Å². The zero-order valence-electron chi connectivity index (χ0n) is 13.9. The van der Waals surface area contributed by atoms with Crippen molar-refractivity contribution in [2.75, 3.05) is 12.0 Å². The van der Waals surface area contributed by atoms with Crippen molar-refractivity contribution in [3.05, 3.63) is 24.3 Å². The minimum absolute atomic E-state index is 1.13. The van der Waals surface area contributed by atoms with Crippen LogP contribution in [0.3, 0.4) is 0 Å². The predicted molar refractivity (Wildman–Crippen MR) is 97.7 cm³/mol. The van der Waals surface area contributed by atoms with E-state index < -0.39 is 0 Å². The molecule has 0 radical (unpaired) electrons. The predicted octanol–water partition coefficient (Wildman–Crippen LogP) is 7.16. The molecule has 20 heavy (non-hydrogen) atoms. The minimum atomic E-state index is 1.13. The van der Waals surface area contributed by atoms with Crippen LogP contribution in [0.4, 0.5) is 0 Å². The molecular formula is C19H36S. The van der Waals surface area contributed by atoms with Crippen LogP contribution >= 0.6 is 11.8 Å². The first-order chi connectivity index (χ1) is 9.91. The lowest BCUT2D eigenvalue weighted by molar-refractivity contribution is 0.611. The molecule has 0 aromatic heterocycles. The number of hydrogen-bond acceptors (Lipinski definition) is 1. The summed E-state index contributed by atoms with van der Waals surface area (Å²) < 4.78 is 0. The van der Waals surface area contributed by atoms with Gasteiger partial charge in [-0.15, -0.1) is 0 Å². The maximum atomic E-state index is 2.36. The Morgan fingerprint density at radius 1 is 0.650 bits per heavy atom. The highest BCUT2D eigenvalue weighted by atomic mass is 32.2. The largest absolute Gasteiger partial charge is 0.165 e. The molecule has 0 saturated carbocycles. The second kappa shape index (κ2) is 18.8. The second-order valence-corrected chi connectivity index (χ2v) is 6.56. The van der Waals surface area contributed by atoms with Crippen LogP contribution < -0.4 is 0 Å². The Hall–Kier alpha value is -0.170. The zero-order chi connectivity index (χ0) is 14.7. The van der Waals surface area contributed by atoms with Crippen LogP contribution in [0.2, 0.25) is 0 Å². The molecule has 0 atom stereocenters. The Labute approximate surface area is 132 Å². The van der Waals surface area contributed by atoms with Crippen LogP contribution in [-0.4, -0.2) is 12.0 Å². The van der Waals surface area contributed by atoms with Gasteiger partial charge in [0, 0.05) is 0 Å². The number of rotatable bonds is 15. The summed E-state index contributed by atoms with van der Waals surface area (Å²) in [6.45, 7) is 2.28. The van der Waals surface area contributed by atoms with E-state index in [-0.39, 0.29) is 0 Å². The average Bonchev–Trinajstić information content (AvgIpc) is 2.47. The van der Waals surface area contributed by atoms with E-state index in [9.17, 15) is 0 Å². The highest BCUT2D eigenvalue weighted by Gasteiger charge is 1.88. The topological polar surface area (TPSA) is 0 Å². The summed E-state index contributed by atoms with van der Waals surface area (Å²) in [6.07, 6.45) is 27.8. The van der Waals surface area contributed by atoms with Gasteiger partial charge in [-0.05, 0) is 50.5 Å². The number of unbranched alkanes of at least 4 members (excludes halogenated alkanes) is 9. The van der Waals surface area contributed by atoms with Gasteiger partial charge in [0.25, 0.3) is 0 Å². The molecule has 0 aromatic carbocycles. The van der Waals surface area contributed by atoms with Crippen LogP contribution in [0.1, 0.15) is 84.0 Å². The standard InChI is InChI=1S/C19H36S/c1-3-4-5-6-7-8-9-10-11-12-13-14-15-16-17-18-19-20-2/h10-11,13-14H,3-9,12,15-19H2,1-2H3. The Morgan fingerprint density at radius 2 is 1.20 bits per heavy atom. The molecule has 0 aliphatic heterocycles.